The van der Waals surface area contributed by atoms with Gasteiger partial charge in [-0.25, -0.2) is 0 Å². The molecule has 4 unspecified atom stereocenters. The SMILES string of the molecule is CCCCCCC(O)CC(O)CC(=O)[O-].CCCCCCC(O)CC(O)CC(=O)[O-].[Na+].[Na+]. The summed E-state index contributed by atoms with van der Waals surface area (Å²) in [7, 11) is 0. The first kappa shape index (κ1) is 40.0. The predicted octanol–water partition coefficient (Wildman–Crippen LogP) is -5.57. The number of aliphatic hydroxyl groups is 4. The van der Waals surface area contributed by atoms with Gasteiger partial charge in [-0.2, -0.15) is 0 Å². The number of carbonyl (C=O) groups excluding carboxylic acids is 2. The zero-order chi connectivity index (χ0) is 23.4. The molecule has 180 valence electrons. The molecular formula is C22H42Na2O8. The van der Waals surface area contributed by atoms with Gasteiger partial charge in [0.05, 0.1) is 24.4 Å². The fourth-order valence-corrected chi connectivity index (χ4v) is 3.03. The van der Waals surface area contributed by atoms with E-state index >= 15 is 0 Å². The first-order valence-electron chi connectivity index (χ1n) is 11.2. The Bertz CT molecular complexity index is 389. The van der Waals surface area contributed by atoms with Gasteiger partial charge in [-0.15, -0.1) is 0 Å². The molecule has 0 aliphatic carbocycles. The Morgan fingerprint density at radius 3 is 1.16 bits per heavy atom. The molecule has 0 aliphatic rings. The van der Waals surface area contributed by atoms with Gasteiger partial charge >= 0.3 is 59.1 Å². The Morgan fingerprint density at radius 1 is 0.594 bits per heavy atom. The summed E-state index contributed by atoms with van der Waals surface area (Å²) in [5.41, 5.74) is 0. The summed E-state index contributed by atoms with van der Waals surface area (Å²) in [5.74, 6) is -2.55. The van der Waals surface area contributed by atoms with Gasteiger partial charge in [-0.1, -0.05) is 65.2 Å². The summed E-state index contributed by atoms with van der Waals surface area (Å²) in [4.78, 5) is 20.3. The van der Waals surface area contributed by atoms with Crippen LogP contribution in [0.5, 0.6) is 0 Å². The monoisotopic (exact) mass is 480 g/mol. The molecule has 0 amide bonds. The number of aliphatic hydroxyl groups excluding tert-OH is 4. The Kier molecular flexibility index (Phi) is 35.0. The van der Waals surface area contributed by atoms with Gasteiger partial charge in [0, 0.05) is 24.8 Å². The van der Waals surface area contributed by atoms with Crippen molar-refractivity contribution in [2.45, 2.75) is 128 Å². The Balaban J connectivity index is -0.000000231. The van der Waals surface area contributed by atoms with E-state index in [-0.39, 0.29) is 72.0 Å². The average molecular weight is 481 g/mol. The molecule has 10 heteroatoms. The van der Waals surface area contributed by atoms with Crippen LogP contribution in [0, 0.1) is 0 Å². The van der Waals surface area contributed by atoms with Crippen molar-refractivity contribution in [1.29, 1.82) is 0 Å². The van der Waals surface area contributed by atoms with Crippen LogP contribution in [0.2, 0.25) is 0 Å². The van der Waals surface area contributed by atoms with Crippen molar-refractivity contribution in [2.24, 2.45) is 0 Å². The van der Waals surface area contributed by atoms with Gasteiger partial charge in [0.1, 0.15) is 0 Å². The average Bonchev–Trinajstić information content (AvgIpc) is 2.61. The molecule has 0 fully saturated rings. The minimum Gasteiger partial charge on any atom is -0.550 e. The van der Waals surface area contributed by atoms with Crippen molar-refractivity contribution in [3.63, 3.8) is 0 Å². The number of unbranched alkanes of at least 4 members (excludes halogenated alkanes) is 6. The standard InChI is InChI=1S/2C11H22O4.2Na/c2*1-2-3-4-5-6-9(12)7-10(13)8-11(14)15;;/h2*9-10,12-13H,2-8H2,1H3,(H,14,15);;/q;;2*+1/p-2. The summed E-state index contributed by atoms with van der Waals surface area (Å²) >= 11 is 0. The van der Waals surface area contributed by atoms with E-state index in [0.717, 1.165) is 51.4 Å². The third kappa shape index (κ3) is 33.0. The van der Waals surface area contributed by atoms with Gasteiger partial charge in [0.25, 0.3) is 0 Å². The maximum atomic E-state index is 10.1. The Morgan fingerprint density at radius 2 is 0.906 bits per heavy atom. The van der Waals surface area contributed by atoms with E-state index in [1.807, 2.05) is 0 Å². The van der Waals surface area contributed by atoms with E-state index in [1.54, 1.807) is 0 Å². The topological polar surface area (TPSA) is 161 Å². The molecule has 0 spiro atoms. The van der Waals surface area contributed by atoms with Crippen LogP contribution in [0.15, 0.2) is 0 Å². The summed E-state index contributed by atoms with van der Waals surface area (Å²) in [6, 6.07) is 0. The van der Waals surface area contributed by atoms with Crippen molar-refractivity contribution >= 4 is 11.9 Å². The van der Waals surface area contributed by atoms with Crippen LogP contribution in [0.25, 0.3) is 0 Å². The second-order valence-electron chi connectivity index (χ2n) is 7.94. The molecule has 32 heavy (non-hydrogen) atoms. The number of carboxylic acid groups (broad SMARTS) is 2. The molecule has 0 saturated heterocycles. The van der Waals surface area contributed by atoms with Crippen LogP contribution in [-0.4, -0.2) is 56.8 Å². The Hall–Kier alpha value is 0.780. The maximum absolute atomic E-state index is 10.1. The fraction of sp³-hybridized carbons (Fsp3) is 0.909. The second-order valence-corrected chi connectivity index (χ2v) is 7.94. The smallest absolute Gasteiger partial charge is 0.550 e. The molecular weight excluding hydrogens is 438 g/mol. The molecule has 0 rings (SSSR count). The normalized spacial score (nSPS) is 13.9. The van der Waals surface area contributed by atoms with E-state index in [9.17, 15) is 40.2 Å². The van der Waals surface area contributed by atoms with Crippen molar-refractivity contribution in [1.82, 2.24) is 0 Å². The molecule has 0 bridgehead atoms. The van der Waals surface area contributed by atoms with Gasteiger partial charge < -0.3 is 40.2 Å². The molecule has 4 atom stereocenters. The minimum absolute atomic E-state index is 0. The van der Waals surface area contributed by atoms with Gasteiger partial charge in [-0.05, 0) is 25.7 Å². The molecule has 0 aromatic rings. The van der Waals surface area contributed by atoms with E-state index in [4.69, 9.17) is 0 Å². The summed E-state index contributed by atoms with van der Waals surface area (Å²) in [5, 5.41) is 57.6. The number of carbonyl (C=O) groups is 2. The third-order valence-electron chi connectivity index (χ3n) is 4.67. The Labute approximate surface area is 237 Å². The van der Waals surface area contributed by atoms with Gasteiger partial charge in [0.2, 0.25) is 0 Å². The van der Waals surface area contributed by atoms with E-state index in [1.165, 1.54) is 0 Å². The van der Waals surface area contributed by atoms with Crippen molar-refractivity contribution in [2.75, 3.05) is 0 Å². The summed E-state index contributed by atoms with van der Waals surface area (Å²) in [6.45, 7) is 4.22. The van der Waals surface area contributed by atoms with Crippen LogP contribution in [0.1, 0.15) is 104 Å². The zero-order valence-corrected chi connectivity index (χ0v) is 24.6. The molecule has 0 saturated carbocycles. The maximum Gasteiger partial charge on any atom is 1.00 e. The van der Waals surface area contributed by atoms with E-state index in [2.05, 4.69) is 13.8 Å². The molecule has 0 aromatic carbocycles. The quantitative estimate of drug-likeness (QED) is 0.112. The van der Waals surface area contributed by atoms with Crippen LogP contribution >= 0.6 is 0 Å². The van der Waals surface area contributed by atoms with Crippen LogP contribution < -0.4 is 69.3 Å². The van der Waals surface area contributed by atoms with E-state index < -0.39 is 49.2 Å². The zero-order valence-electron chi connectivity index (χ0n) is 20.6. The molecule has 4 N–H and O–H groups in total. The number of carboxylic acids is 2. The number of aliphatic carboxylic acids is 2. The van der Waals surface area contributed by atoms with Gasteiger partial charge in [0.15, 0.2) is 0 Å². The van der Waals surface area contributed by atoms with Crippen molar-refractivity contribution < 1.29 is 99.3 Å². The summed E-state index contributed by atoms with van der Waals surface area (Å²) in [6.07, 6.45) is 6.11. The molecule has 0 heterocycles. The third-order valence-corrected chi connectivity index (χ3v) is 4.67. The molecule has 0 aromatic heterocycles. The van der Waals surface area contributed by atoms with Gasteiger partial charge in [-0.3, -0.25) is 0 Å². The number of hydrogen-bond acceptors (Lipinski definition) is 8. The van der Waals surface area contributed by atoms with Crippen molar-refractivity contribution in [3.8, 4) is 0 Å². The molecule has 8 nitrogen and oxygen atoms in total. The first-order valence-corrected chi connectivity index (χ1v) is 11.2. The number of rotatable bonds is 18. The van der Waals surface area contributed by atoms with Crippen molar-refractivity contribution in [3.05, 3.63) is 0 Å². The first-order chi connectivity index (χ1) is 14.1. The predicted molar refractivity (Wildman–Crippen MR) is 110 cm³/mol. The number of hydrogen-bond donors (Lipinski definition) is 4. The van der Waals surface area contributed by atoms with Crippen LogP contribution in [-0.2, 0) is 9.59 Å². The molecule has 0 radical (unpaired) electrons. The van der Waals surface area contributed by atoms with Crippen LogP contribution in [0.3, 0.4) is 0 Å². The largest absolute Gasteiger partial charge is 1.00 e. The second kappa shape index (κ2) is 28.0. The van der Waals surface area contributed by atoms with E-state index in [0.29, 0.717) is 12.8 Å². The summed E-state index contributed by atoms with van der Waals surface area (Å²) < 4.78 is 0. The van der Waals surface area contributed by atoms with Crippen LogP contribution in [0.4, 0.5) is 0 Å². The fourth-order valence-electron chi connectivity index (χ4n) is 3.03. The minimum atomic E-state index is -1.28. The molecule has 0 aliphatic heterocycles.